The van der Waals surface area contributed by atoms with Crippen molar-refractivity contribution in [2.75, 3.05) is 12.3 Å². The summed E-state index contributed by atoms with van der Waals surface area (Å²) in [4.78, 5) is 23.5. The normalized spacial score (nSPS) is 11.0. The van der Waals surface area contributed by atoms with E-state index in [4.69, 9.17) is 17.3 Å². The number of hydrogen-bond acceptors (Lipinski definition) is 3. The molecule has 1 aromatic rings. The van der Waals surface area contributed by atoms with Gasteiger partial charge in [0.2, 0.25) is 5.91 Å². The number of halogens is 1. The van der Waals surface area contributed by atoms with E-state index in [-0.39, 0.29) is 30.3 Å². The van der Waals surface area contributed by atoms with Gasteiger partial charge in [-0.25, -0.2) is 0 Å². The number of anilines is 1. The molecule has 0 heterocycles. The van der Waals surface area contributed by atoms with Gasteiger partial charge in [-0.3, -0.25) is 9.59 Å². The van der Waals surface area contributed by atoms with Crippen LogP contribution in [0.5, 0.6) is 0 Å². The molecule has 0 aliphatic carbocycles. The number of nitrogens with two attached hydrogens (primary N) is 1. The van der Waals surface area contributed by atoms with Crippen LogP contribution in [0, 0.1) is 0 Å². The van der Waals surface area contributed by atoms with Gasteiger partial charge < -0.3 is 16.4 Å². The topological polar surface area (TPSA) is 84.2 Å². The van der Waals surface area contributed by atoms with Crippen LogP contribution < -0.4 is 16.4 Å². The monoisotopic (exact) mass is 297 g/mol. The maximum absolute atomic E-state index is 11.9. The average molecular weight is 298 g/mol. The van der Waals surface area contributed by atoms with Gasteiger partial charge in [0.05, 0.1) is 5.56 Å². The quantitative estimate of drug-likeness (QED) is 0.743. The summed E-state index contributed by atoms with van der Waals surface area (Å²) in [6.45, 7) is 5.95. The SMILES string of the molecule is CC(C)(C)NC(=O)CCNC(=O)c1ccc(Cl)cc1N. The van der Waals surface area contributed by atoms with E-state index >= 15 is 0 Å². The number of carbonyl (C=O) groups excluding carboxylic acids is 2. The standard InChI is InChI=1S/C14H20ClN3O2/c1-14(2,3)18-12(19)6-7-17-13(20)10-5-4-9(15)8-11(10)16/h4-5,8H,6-7,16H2,1-3H3,(H,17,20)(H,18,19). The van der Waals surface area contributed by atoms with E-state index in [1.807, 2.05) is 20.8 Å². The molecule has 1 aromatic carbocycles. The Hall–Kier alpha value is -1.75. The van der Waals surface area contributed by atoms with Gasteiger partial charge >= 0.3 is 0 Å². The minimum absolute atomic E-state index is 0.109. The predicted molar refractivity (Wildman–Crippen MR) is 80.7 cm³/mol. The number of hydrogen-bond donors (Lipinski definition) is 3. The van der Waals surface area contributed by atoms with E-state index in [1.165, 1.54) is 6.07 Å². The second kappa shape index (κ2) is 6.61. The Balaban J connectivity index is 2.46. The summed E-state index contributed by atoms with van der Waals surface area (Å²) in [5, 5.41) is 5.95. The summed E-state index contributed by atoms with van der Waals surface area (Å²) < 4.78 is 0. The van der Waals surface area contributed by atoms with E-state index in [0.29, 0.717) is 16.3 Å². The minimum atomic E-state index is -0.317. The van der Waals surface area contributed by atoms with Crippen molar-refractivity contribution in [2.45, 2.75) is 32.7 Å². The third-order valence-corrected chi connectivity index (χ3v) is 2.65. The van der Waals surface area contributed by atoms with Crippen LogP contribution in [0.15, 0.2) is 18.2 Å². The lowest BCUT2D eigenvalue weighted by Gasteiger charge is -2.20. The van der Waals surface area contributed by atoms with Crippen molar-refractivity contribution in [3.05, 3.63) is 28.8 Å². The van der Waals surface area contributed by atoms with Crippen LogP contribution in [0.4, 0.5) is 5.69 Å². The fourth-order valence-electron chi connectivity index (χ4n) is 1.61. The van der Waals surface area contributed by atoms with E-state index < -0.39 is 0 Å². The van der Waals surface area contributed by atoms with Crippen molar-refractivity contribution in [2.24, 2.45) is 0 Å². The van der Waals surface area contributed by atoms with E-state index in [9.17, 15) is 9.59 Å². The number of carbonyl (C=O) groups is 2. The van der Waals surface area contributed by atoms with Gasteiger partial charge in [0.25, 0.3) is 5.91 Å². The summed E-state index contributed by atoms with van der Waals surface area (Å²) >= 11 is 5.76. The highest BCUT2D eigenvalue weighted by atomic mass is 35.5. The van der Waals surface area contributed by atoms with Crippen LogP contribution in [0.3, 0.4) is 0 Å². The van der Waals surface area contributed by atoms with E-state index in [1.54, 1.807) is 12.1 Å². The molecule has 0 aliphatic rings. The van der Waals surface area contributed by atoms with Crippen molar-refractivity contribution in [3.8, 4) is 0 Å². The number of nitrogen functional groups attached to an aromatic ring is 1. The van der Waals surface area contributed by atoms with Gasteiger partial charge in [0, 0.05) is 29.2 Å². The first-order valence-corrected chi connectivity index (χ1v) is 6.71. The third-order valence-electron chi connectivity index (χ3n) is 2.41. The Bertz CT molecular complexity index is 510. The van der Waals surface area contributed by atoms with Crippen molar-refractivity contribution in [1.29, 1.82) is 0 Å². The number of amides is 2. The van der Waals surface area contributed by atoms with Gasteiger partial charge in [-0.05, 0) is 39.0 Å². The molecule has 0 aromatic heterocycles. The van der Waals surface area contributed by atoms with Gasteiger partial charge in [0.1, 0.15) is 0 Å². The van der Waals surface area contributed by atoms with E-state index in [0.717, 1.165) is 0 Å². The molecule has 0 atom stereocenters. The Morgan fingerprint density at radius 3 is 2.50 bits per heavy atom. The van der Waals surface area contributed by atoms with Crippen molar-refractivity contribution in [3.63, 3.8) is 0 Å². The Morgan fingerprint density at radius 1 is 1.30 bits per heavy atom. The summed E-state index contributed by atoms with van der Waals surface area (Å²) in [6, 6.07) is 4.67. The maximum atomic E-state index is 11.9. The van der Waals surface area contributed by atoms with Crippen molar-refractivity contribution >= 4 is 29.1 Å². The lowest BCUT2D eigenvalue weighted by Crippen LogP contribution is -2.42. The molecule has 6 heteroatoms. The van der Waals surface area contributed by atoms with Crippen molar-refractivity contribution < 1.29 is 9.59 Å². The molecule has 0 unspecified atom stereocenters. The molecule has 0 bridgehead atoms. The first-order valence-electron chi connectivity index (χ1n) is 6.33. The fourth-order valence-corrected chi connectivity index (χ4v) is 1.79. The lowest BCUT2D eigenvalue weighted by atomic mass is 10.1. The number of nitrogens with one attached hydrogen (secondary N) is 2. The molecule has 0 fully saturated rings. The molecule has 0 aliphatic heterocycles. The van der Waals surface area contributed by atoms with Crippen LogP contribution in [-0.4, -0.2) is 23.9 Å². The molecule has 0 spiro atoms. The molecule has 4 N–H and O–H groups in total. The Labute approximate surface area is 123 Å². The van der Waals surface area contributed by atoms with Gasteiger partial charge in [-0.1, -0.05) is 11.6 Å². The number of benzene rings is 1. The van der Waals surface area contributed by atoms with Crippen LogP contribution in [0.2, 0.25) is 5.02 Å². The fraction of sp³-hybridized carbons (Fsp3) is 0.429. The largest absolute Gasteiger partial charge is 0.398 e. The van der Waals surface area contributed by atoms with Crippen molar-refractivity contribution in [1.82, 2.24) is 10.6 Å². The van der Waals surface area contributed by atoms with Gasteiger partial charge in [0.15, 0.2) is 0 Å². The maximum Gasteiger partial charge on any atom is 0.253 e. The molecule has 20 heavy (non-hydrogen) atoms. The summed E-state index contributed by atoms with van der Waals surface area (Å²) in [5.74, 6) is -0.426. The molecule has 0 radical (unpaired) electrons. The highest BCUT2D eigenvalue weighted by molar-refractivity contribution is 6.31. The van der Waals surface area contributed by atoms with Gasteiger partial charge in [-0.2, -0.15) is 0 Å². The second-order valence-electron chi connectivity index (χ2n) is 5.54. The lowest BCUT2D eigenvalue weighted by molar-refractivity contribution is -0.122. The Kier molecular flexibility index (Phi) is 5.39. The van der Waals surface area contributed by atoms with E-state index in [2.05, 4.69) is 10.6 Å². The zero-order chi connectivity index (χ0) is 15.3. The second-order valence-corrected chi connectivity index (χ2v) is 5.97. The molecule has 0 saturated heterocycles. The summed E-state index contributed by atoms with van der Waals surface area (Å²) in [5.41, 5.74) is 6.10. The average Bonchev–Trinajstić information content (AvgIpc) is 2.25. The third kappa shape index (κ3) is 5.48. The molecule has 110 valence electrons. The zero-order valence-corrected chi connectivity index (χ0v) is 12.7. The first kappa shape index (κ1) is 16.3. The molecular formula is C14H20ClN3O2. The Morgan fingerprint density at radius 2 is 1.95 bits per heavy atom. The van der Waals surface area contributed by atoms with Gasteiger partial charge in [-0.15, -0.1) is 0 Å². The minimum Gasteiger partial charge on any atom is -0.398 e. The smallest absolute Gasteiger partial charge is 0.253 e. The zero-order valence-electron chi connectivity index (χ0n) is 11.9. The summed E-state index contributed by atoms with van der Waals surface area (Å²) in [7, 11) is 0. The van der Waals surface area contributed by atoms with Crippen LogP contribution in [-0.2, 0) is 4.79 Å². The van der Waals surface area contributed by atoms with Crippen LogP contribution in [0.25, 0.3) is 0 Å². The molecule has 0 saturated carbocycles. The van der Waals surface area contributed by atoms with Crippen LogP contribution >= 0.6 is 11.6 Å². The molecule has 2 amide bonds. The summed E-state index contributed by atoms with van der Waals surface area (Å²) in [6.07, 6.45) is 0.219. The highest BCUT2D eigenvalue weighted by Crippen LogP contribution is 2.17. The number of rotatable bonds is 4. The molecular weight excluding hydrogens is 278 g/mol. The highest BCUT2D eigenvalue weighted by Gasteiger charge is 2.14. The molecule has 1 rings (SSSR count). The first-order chi connectivity index (χ1) is 9.19. The molecule has 5 nitrogen and oxygen atoms in total. The predicted octanol–water partition coefficient (Wildman–Crippen LogP) is 1.96. The van der Waals surface area contributed by atoms with Crippen LogP contribution in [0.1, 0.15) is 37.6 Å².